The van der Waals surface area contributed by atoms with E-state index in [-0.39, 0.29) is 17.6 Å². The Balaban J connectivity index is 1.97. The van der Waals surface area contributed by atoms with E-state index < -0.39 is 0 Å². The van der Waals surface area contributed by atoms with Crippen LogP contribution < -0.4 is 15.4 Å². The molecule has 144 valence electrons. The molecule has 0 bridgehead atoms. The maximum atomic E-state index is 12.6. The van der Waals surface area contributed by atoms with Crippen molar-refractivity contribution in [1.82, 2.24) is 5.32 Å². The van der Waals surface area contributed by atoms with Gasteiger partial charge in [0, 0.05) is 24.2 Å². The Labute approximate surface area is 163 Å². The van der Waals surface area contributed by atoms with Gasteiger partial charge < -0.3 is 20.1 Å². The molecule has 0 atom stereocenters. The predicted molar refractivity (Wildman–Crippen MR) is 108 cm³/mol. The molecule has 2 aromatic rings. The van der Waals surface area contributed by atoms with Crippen LogP contribution in [-0.4, -0.2) is 44.4 Å². The zero-order valence-electron chi connectivity index (χ0n) is 15.5. The maximum absolute atomic E-state index is 12.6. The molecule has 0 aromatic heterocycles. The Kier molecular flexibility index (Phi) is 8.67. The lowest BCUT2D eigenvalue weighted by Crippen LogP contribution is -2.28. The summed E-state index contributed by atoms with van der Waals surface area (Å²) in [6.07, 6.45) is 0. The Morgan fingerprint density at radius 3 is 2.52 bits per heavy atom. The summed E-state index contributed by atoms with van der Waals surface area (Å²) in [7, 11) is 1.58. The van der Waals surface area contributed by atoms with E-state index in [9.17, 15) is 9.59 Å². The normalized spacial score (nSPS) is 10.3. The van der Waals surface area contributed by atoms with Crippen LogP contribution >= 0.6 is 11.8 Å². The van der Waals surface area contributed by atoms with Crippen molar-refractivity contribution < 1.29 is 19.1 Å². The lowest BCUT2D eigenvalue weighted by Gasteiger charge is -2.11. The van der Waals surface area contributed by atoms with Gasteiger partial charge in [0.25, 0.3) is 5.91 Å². The second kappa shape index (κ2) is 11.3. The Morgan fingerprint density at radius 1 is 1.07 bits per heavy atom. The summed E-state index contributed by atoms with van der Waals surface area (Å²) in [5, 5.41) is 5.63. The number of benzene rings is 2. The molecule has 7 heteroatoms. The van der Waals surface area contributed by atoms with E-state index in [0.717, 1.165) is 10.6 Å². The summed E-state index contributed by atoms with van der Waals surface area (Å²) in [6, 6.07) is 14.4. The average Bonchev–Trinajstić information content (AvgIpc) is 2.68. The number of anilines is 1. The van der Waals surface area contributed by atoms with Crippen LogP contribution in [0.5, 0.6) is 5.75 Å². The second-order valence-corrected chi connectivity index (χ2v) is 6.56. The predicted octanol–water partition coefficient (Wildman–Crippen LogP) is 3.19. The first kappa shape index (κ1) is 20.8. The van der Waals surface area contributed by atoms with Crippen molar-refractivity contribution in [1.29, 1.82) is 0 Å². The molecular formula is C20H24N2O4S. The molecule has 0 aliphatic heterocycles. The number of hydrogen-bond acceptors (Lipinski definition) is 5. The fourth-order valence-electron chi connectivity index (χ4n) is 2.27. The molecule has 0 unspecified atom stereocenters. The number of methoxy groups -OCH3 is 1. The smallest absolute Gasteiger partial charge is 0.256 e. The van der Waals surface area contributed by atoms with Gasteiger partial charge in [-0.25, -0.2) is 0 Å². The van der Waals surface area contributed by atoms with Crippen LogP contribution in [0.2, 0.25) is 0 Å². The van der Waals surface area contributed by atoms with Gasteiger partial charge in [-0.3, -0.25) is 9.59 Å². The molecule has 0 saturated heterocycles. The molecular weight excluding hydrogens is 364 g/mol. The van der Waals surface area contributed by atoms with E-state index in [1.165, 1.54) is 11.8 Å². The number of thioether (sulfide) groups is 1. The van der Waals surface area contributed by atoms with Crippen LogP contribution in [0.1, 0.15) is 17.3 Å². The fraction of sp³-hybridized carbons (Fsp3) is 0.300. The van der Waals surface area contributed by atoms with E-state index >= 15 is 0 Å². The molecule has 6 nitrogen and oxygen atoms in total. The van der Waals surface area contributed by atoms with Gasteiger partial charge in [-0.1, -0.05) is 12.1 Å². The van der Waals surface area contributed by atoms with Gasteiger partial charge in [-0.2, -0.15) is 0 Å². The third kappa shape index (κ3) is 6.96. The molecule has 0 heterocycles. The number of hydrogen-bond donors (Lipinski definition) is 2. The van der Waals surface area contributed by atoms with Crippen molar-refractivity contribution in [2.45, 2.75) is 11.8 Å². The quantitative estimate of drug-likeness (QED) is 0.483. The minimum absolute atomic E-state index is 0.0984. The molecule has 2 aromatic carbocycles. The van der Waals surface area contributed by atoms with E-state index in [2.05, 4.69) is 10.6 Å². The zero-order valence-corrected chi connectivity index (χ0v) is 16.3. The topological polar surface area (TPSA) is 76.7 Å². The Morgan fingerprint density at radius 2 is 1.81 bits per heavy atom. The van der Waals surface area contributed by atoms with Gasteiger partial charge in [-0.05, 0) is 43.3 Å². The Bertz CT molecular complexity index is 750. The number of amides is 2. The van der Waals surface area contributed by atoms with Crippen molar-refractivity contribution in [2.24, 2.45) is 0 Å². The second-order valence-electron chi connectivity index (χ2n) is 5.54. The van der Waals surface area contributed by atoms with Gasteiger partial charge >= 0.3 is 0 Å². The summed E-state index contributed by atoms with van der Waals surface area (Å²) < 4.78 is 10.3. The largest absolute Gasteiger partial charge is 0.494 e. The van der Waals surface area contributed by atoms with Crippen molar-refractivity contribution in [3.8, 4) is 5.75 Å². The van der Waals surface area contributed by atoms with Gasteiger partial charge in [0.2, 0.25) is 5.91 Å². The average molecular weight is 388 g/mol. The van der Waals surface area contributed by atoms with E-state index in [4.69, 9.17) is 9.47 Å². The summed E-state index contributed by atoms with van der Waals surface area (Å²) in [6.45, 7) is 3.45. The molecule has 0 aliphatic carbocycles. The summed E-state index contributed by atoms with van der Waals surface area (Å²) in [5.74, 6) is 0.670. The molecule has 2 N–H and O–H groups in total. The molecule has 0 spiro atoms. The first-order valence-electron chi connectivity index (χ1n) is 8.65. The van der Waals surface area contributed by atoms with Crippen molar-refractivity contribution in [3.05, 3.63) is 54.1 Å². The van der Waals surface area contributed by atoms with Gasteiger partial charge in [-0.15, -0.1) is 11.8 Å². The molecule has 27 heavy (non-hydrogen) atoms. The van der Waals surface area contributed by atoms with Gasteiger partial charge in [0.05, 0.1) is 24.5 Å². The highest BCUT2D eigenvalue weighted by Gasteiger charge is 2.13. The van der Waals surface area contributed by atoms with E-state index in [0.29, 0.717) is 31.0 Å². The summed E-state index contributed by atoms with van der Waals surface area (Å²) in [5.41, 5.74) is 1.21. The molecule has 0 saturated carbocycles. The number of nitrogens with one attached hydrogen (secondary N) is 2. The van der Waals surface area contributed by atoms with Crippen LogP contribution in [0.15, 0.2) is 53.4 Å². The summed E-state index contributed by atoms with van der Waals surface area (Å²) >= 11 is 1.33. The number of ether oxygens (including phenoxy) is 2. The third-order valence-corrected chi connectivity index (χ3v) is 4.62. The molecule has 0 fully saturated rings. The van der Waals surface area contributed by atoms with Crippen LogP contribution in [0.3, 0.4) is 0 Å². The standard InChI is InChI=1S/C20H24N2O4S/c1-3-26-16-10-8-15(9-11-16)22-20(24)17-6-4-5-7-18(17)27-14-19(23)21-12-13-25-2/h4-11H,3,12-14H2,1-2H3,(H,21,23)(H,22,24). The number of carbonyl (C=O) groups excluding carboxylic acids is 2. The minimum Gasteiger partial charge on any atom is -0.494 e. The Hall–Kier alpha value is -2.51. The monoisotopic (exact) mass is 388 g/mol. The van der Waals surface area contributed by atoms with Gasteiger partial charge in [0.1, 0.15) is 5.75 Å². The first-order chi connectivity index (χ1) is 13.1. The van der Waals surface area contributed by atoms with Crippen molar-refractivity contribution >= 4 is 29.3 Å². The third-order valence-electron chi connectivity index (χ3n) is 3.54. The van der Waals surface area contributed by atoms with Crippen LogP contribution in [0.4, 0.5) is 5.69 Å². The lowest BCUT2D eigenvalue weighted by molar-refractivity contribution is -0.118. The van der Waals surface area contributed by atoms with Crippen LogP contribution in [-0.2, 0) is 9.53 Å². The molecule has 2 amide bonds. The van der Waals surface area contributed by atoms with Gasteiger partial charge in [0.15, 0.2) is 0 Å². The van der Waals surface area contributed by atoms with Crippen molar-refractivity contribution in [2.75, 3.05) is 37.9 Å². The van der Waals surface area contributed by atoms with Crippen LogP contribution in [0.25, 0.3) is 0 Å². The molecule has 0 aliphatic rings. The number of rotatable bonds is 10. The highest BCUT2D eigenvalue weighted by Crippen LogP contribution is 2.24. The zero-order chi connectivity index (χ0) is 19.5. The SMILES string of the molecule is CCOc1ccc(NC(=O)c2ccccc2SCC(=O)NCCOC)cc1. The number of carbonyl (C=O) groups is 2. The highest BCUT2D eigenvalue weighted by molar-refractivity contribution is 8.00. The molecule has 2 rings (SSSR count). The summed E-state index contributed by atoms with van der Waals surface area (Å²) in [4.78, 5) is 25.2. The van der Waals surface area contributed by atoms with Crippen LogP contribution in [0, 0.1) is 0 Å². The maximum Gasteiger partial charge on any atom is 0.256 e. The first-order valence-corrected chi connectivity index (χ1v) is 9.64. The lowest BCUT2D eigenvalue weighted by atomic mass is 10.2. The van der Waals surface area contributed by atoms with Crippen molar-refractivity contribution in [3.63, 3.8) is 0 Å². The van der Waals surface area contributed by atoms with E-state index in [1.807, 2.05) is 31.2 Å². The van der Waals surface area contributed by atoms with E-state index in [1.54, 1.807) is 31.4 Å². The fourth-order valence-corrected chi connectivity index (χ4v) is 3.15. The highest BCUT2D eigenvalue weighted by atomic mass is 32.2. The minimum atomic E-state index is -0.220. The molecule has 0 radical (unpaired) electrons.